The van der Waals surface area contributed by atoms with Gasteiger partial charge < -0.3 is 10.2 Å². The fourth-order valence-corrected chi connectivity index (χ4v) is 2.26. The second-order valence-corrected chi connectivity index (χ2v) is 5.10. The number of anilines is 2. The van der Waals surface area contributed by atoms with Gasteiger partial charge in [-0.05, 0) is 51.0 Å². The van der Waals surface area contributed by atoms with E-state index in [2.05, 4.69) is 37.1 Å². The molecular weight excluding hydrogens is 264 g/mol. The Morgan fingerprint density at radius 1 is 1.24 bits per heavy atom. The molecule has 0 saturated carbocycles. The van der Waals surface area contributed by atoms with Crippen molar-refractivity contribution < 1.29 is 4.79 Å². The number of unbranched alkanes of at least 4 members (excludes halogenated alkanes) is 1. The maximum atomic E-state index is 12.0. The number of hydrogen-bond acceptors (Lipinski definition) is 3. The zero-order valence-electron chi connectivity index (χ0n) is 13.6. The summed E-state index contributed by atoms with van der Waals surface area (Å²) in [5.41, 5.74) is 2.88. The highest BCUT2D eigenvalue weighted by Crippen LogP contribution is 2.24. The smallest absolute Gasteiger partial charge is 0.336 e. The van der Waals surface area contributed by atoms with Gasteiger partial charge in [0, 0.05) is 25.3 Å². The first kappa shape index (κ1) is 17.3. The van der Waals surface area contributed by atoms with E-state index in [1.165, 1.54) is 5.01 Å². The lowest BCUT2D eigenvalue weighted by Gasteiger charge is -2.24. The Morgan fingerprint density at radius 3 is 2.43 bits per heavy atom. The van der Waals surface area contributed by atoms with Gasteiger partial charge in [0.25, 0.3) is 0 Å². The number of benzene rings is 1. The van der Waals surface area contributed by atoms with Crippen molar-refractivity contribution in [1.29, 1.82) is 0 Å². The molecule has 0 saturated heterocycles. The number of nitrogens with zero attached hydrogens (tertiary/aromatic N) is 2. The SMILES string of the molecule is CCCCNC(=O)N(N)c1ccc(N(CC)CC)cc1C. The van der Waals surface area contributed by atoms with Crippen molar-refractivity contribution in [2.24, 2.45) is 5.84 Å². The minimum atomic E-state index is -0.262. The molecule has 2 amide bonds. The molecule has 0 fully saturated rings. The minimum absolute atomic E-state index is 0.262. The van der Waals surface area contributed by atoms with E-state index < -0.39 is 0 Å². The van der Waals surface area contributed by atoms with Crippen LogP contribution in [-0.2, 0) is 0 Å². The molecule has 0 radical (unpaired) electrons. The molecule has 0 bridgehead atoms. The normalized spacial score (nSPS) is 10.3. The highest BCUT2D eigenvalue weighted by molar-refractivity contribution is 5.91. The van der Waals surface area contributed by atoms with Gasteiger partial charge in [0.1, 0.15) is 0 Å². The first-order chi connectivity index (χ1) is 10.0. The van der Waals surface area contributed by atoms with Crippen LogP contribution < -0.4 is 21.1 Å². The number of carbonyl (C=O) groups is 1. The Kier molecular flexibility index (Phi) is 7.02. The summed E-state index contributed by atoms with van der Waals surface area (Å²) in [6, 6.07) is 5.72. The largest absolute Gasteiger partial charge is 0.372 e. The lowest BCUT2D eigenvalue weighted by molar-refractivity contribution is 0.246. The number of nitrogens with two attached hydrogens (primary N) is 1. The molecular formula is C16H28N4O. The zero-order valence-corrected chi connectivity index (χ0v) is 13.6. The topological polar surface area (TPSA) is 61.6 Å². The number of hydrazine groups is 1. The predicted octanol–water partition coefficient (Wildman–Crippen LogP) is 3.03. The lowest BCUT2D eigenvalue weighted by Crippen LogP contribution is -2.45. The summed E-state index contributed by atoms with van der Waals surface area (Å²) in [6.07, 6.45) is 2.00. The van der Waals surface area contributed by atoms with Crippen LogP contribution in [0.5, 0.6) is 0 Å². The molecule has 1 aromatic carbocycles. The summed E-state index contributed by atoms with van der Waals surface area (Å²) in [5.74, 6) is 5.92. The Balaban J connectivity index is 2.81. The first-order valence-electron chi connectivity index (χ1n) is 7.73. The molecule has 0 aromatic heterocycles. The molecule has 0 atom stereocenters. The van der Waals surface area contributed by atoms with Gasteiger partial charge >= 0.3 is 6.03 Å². The Morgan fingerprint density at radius 2 is 1.90 bits per heavy atom. The van der Waals surface area contributed by atoms with Crippen LogP contribution in [0, 0.1) is 6.92 Å². The number of aryl methyl sites for hydroxylation is 1. The van der Waals surface area contributed by atoms with Crippen LogP contribution in [0.1, 0.15) is 39.2 Å². The average Bonchev–Trinajstić information content (AvgIpc) is 2.48. The van der Waals surface area contributed by atoms with E-state index in [-0.39, 0.29) is 6.03 Å². The number of urea groups is 1. The number of carbonyl (C=O) groups excluding carboxylic acids is 1. The molecule has 118 valence electrons. The van der Waals surface area contributed by atoms with E-state index >= 15 is 0 Å². The predicted molar refractivity (Wildman–Crippen MR) is 89.7 cm³/mol. The Labute approximate surface area is 128 Å². The number of amides is 2. The molecule has 5 heteroatoms. The third-order valence-corrected chi connectivity index (χ3v) is 3.59. The summed E-state index contributed by atoms with van der Waals surface area (Å²) in [5, 5.41) is 4.01. The molecule has 1 aromatic rings. The standard InChI is InChI=1S/C16H28N4O/c1-5-8-11-18-16(21)20(17)15-10-9-14(12-13(15)4)19(6-2)7-3/h9-10,12H,5-8,11,17H2,1-4H3,(H,18,21). The van der Waals surface area contributed by atoms with E-state index in [1.807, 2.05) is 19.1 Å². The second-order valence-electron chi connectivity index (χ2n) is 5.10. The summed E-state index contributed by atoms with van der Waals surface area (Å²) in [6.45, 7) is 10.9. The van der Waals surface area contributed by atoms with Gasteiger partial charge in [-0.25, -0.2) is 15.6 Å². The van der Waals surface area contributed by atoms with E-state index in [9.17, 15) is 4.79 Å². The van der Waals surface area contributed by atoms with Crippen molar-refractivity contribution in [1.82, 2.24) is 5.32 Å². The molecule has 0 unspecified atom stereocenters. The average molecular weight is 292 g/mol. The lowest BCUT2D eigenvalue weighted by atomic mass is 10.1. The summed E-state index contributed by atoms with van der Waals surface area (Å²) >= 11 is 0. The van der Waals surface area contributed by atoms with Crippen LogP contribution in [0.4, 0.5) is 16.2 Å². The molecule has 0 aliphatic carbocycles. The summed E-state index contributed by atoms with van der Waals surface area (Å²) in [4.78, 5) is 14.2. The number of hydrogen-bond donors (Lipinski definition) is 2. The quantitative estimate of drug-likeness (QED) is 0.351. The Hall–Kier alpha value is -1.75. The highest BCUT2D eigenvalue weighted by Gasteiger charge is 2.14. The minimum Gasteiger partial charge on any atom is -0.372 e. The first-order valence-corrected chi connectivity index (χ1v) is 7.73. The van der Waals surface area contributed by atoms with Crippen LogP contribution in [0.3, 0.4) is 0 Å². The third kappa shape index (κ3) is 4.63. The maximum Gasteiger partial charge on any atom is 0.336 e. The van der Waals surface area contributed by atoms with Gasteiger partial charge in [-0.2, -0.15) is 0 Å². The number of nitrogens with one attached hydrogen (secondary N) is 1. The van der Waals surface area contributed by atoms with Crippen LogP contribution in [0.2, 0.25) is 0 Å². The van der Waals surface area contributed by atoms with E-state index in [0.29, 0.717) is 6.54 Å². The van der Waals surface area contributed by atoms with Crippen LogP contribution in [-0.4, -0.2) is 25.7 Å². The molecule has 5 nitrogen and oxygen atoms in total. The molecule has 0 aliphatic rings. The fourth-order valence-electron chi connectivity index (χ4n) is 2.26. The fraction of sp³-hybridized carbons (Fsp3) is 0.562. The van der Waals surface area contributed by atoms with E-state index in [0.717, 1.165) is 42.9 Å². The molecule has 0 aliphatic heterocycles. The molecule has 1 rings (SSSR count). The number of rotatable bonds is 7. The maximum absolute atomic E-state index is 12.0. The van der Waals surface area contributed by atoms with Gasteiger partial charge in [-0.3, -0.25) is 0 Å². The molecule has 3 N–H and O–H groups in total. The molecule has 21 heavy (non-hydrogen) atoms. The van der Waals surface area contributed by atoms with Crippen LogP contribution in [0.15, 0.2) is 18.2 Å². The van der Waals surface area contributed by atoms with Gasteiger partial charge in [0.2, 0.25) is 0 Å². The van der Waals surface area contributed by atoms with E-state index in [1.54, 1.807) is 0 Å². The van der Waals surface area contributed by atoms with Gasteiger partial charge in [0.15, 0.2) is 0 Å². The van der Waals surface area contributed by atoms with E-state index in [4.69, 9.17) is 5.84 Å². The van der Waals surface area contributed by atoms with Crippen LogP contribution >= 0.6 is 0 Å². The zero-order chi connectivity index (χ0) is 15.8. The van der Waals surface area contributed by atoms with Crippen molar-refractivity contribution >= 4 is 17.4 Å². The Bertz CT molecular complexity index is 458. The van der Waals surface area contributed by atoms with Crippen molar-refractivity contribution in [2.75, 3.05) is 29.5 Å². The third-order valence-electron chi connectivity index (χ3n) is 3.59. The van der Waals surface area contributed by atoms with Crippen molar-refractivity contribution in [2.45, 2.75) is 40.5 Å². The monoisotopic (exact) mass is 292 g/mol. The summed E-state index contributed by atoms with van der Waals surface area (Å²) in [7, 11) is 0. The molecule has 0 spiro atoms. The van der Waals surface area contributed by atoms with Crippen molar-refractivity contribution in [3.8, 4) is 0 Å². The summed E-state index contributed by atoms with van der Waals surface area (Å²) < 4.78 is 0. The van der Waals surface area contributed by atoms with Crippen LogP contribution in [0.25, 0.3) is 0 Å². The highest BCUT2D eigenvalue weighted by atomic mass is 16.2. The molecule has 0 heterocycles. The van der Waals surface area contributed by atoms with Crippen molar-refractivity contribution in [3.63, 3.8) is 0 Å². The van der Waals surface area contributed by atoms with Crippen molar-refractivity contribution in [3.05, 3.63) is 23.8 Å². The van der Waals surface area contributed by atoms with Gasteiger partial charge in [-0.15, -0.1) is 0 Å². The van der Waals surface area contributed by atoms with Gasteiger partial charge in [-0.1, -0.05) is 13.3 Å². The second kappa shape index (κ2) is 8.52. The van der Waals surface area contributed by atoms with Gasteiger partial charge in [0.05, 0.1) is 5.69 Å².